The Hall–Kier alpha value is -4.82. The van der Waals surface area contributed by atoms with Crippen molar-refractivity contribution in [2.75, 3.05) is 19.8 Å². The van der Waals surface area contributed by atoms with Crippen molar-refractivity contribution in [1.82, 2.24) is 9.88 Å². The maximum Gasteiger partial charge on any atom is 0.320 e. The third kappa shape index (κ3) is 7.44. The normalized spacial score (nSPS) is 17.5. The average molecular weight is 656 g/mol. The Balaban J connectivity index is 1.26. The summed E-state index contributed by atoms with van der Waals surface area (Å²) in [4.78, 5) is 17.9. The second-order valence-electron chi connectivity index (χ2n) is 11.6. The molecule has 47 heavy (non-hydrogen) atoms. The number of piperidine rings is 1. The van der Waals surface area contributed by atoms with Crippen LogP contribution in [0.2, 0.25) is 5.02 Å². The number of β-amino-alcohol motifs (C(OH)–C–C–N with tert-alkyl or cyclic N) is 1. The number of aliphatic hydroxyl groups is 1. The quantitative estimate of drug-likeness (QED) is 0.212. The summed E-state index contributed by atoms with van der Waals surface area (Å²) in [6.45, 7) is 3.83. The molecule has 4 aromatic rings. The Kier molecular flexibility index (Phi) is 9.78. The first-order valence-electron chi connectivity index (χ1n) is 15.3. The minimum atomic E-state index is -0.946. The predicted octanol–water partition coefficient (Wildman–Crippen LogP) is 5.92. The van der Waals surface area contributed by atoms with Crippen molar-refractivity contribution in [2.24, 2.45) is 0 Å². The molecule has 2 unspecified atom stereocenters. The molecule has 1 fully saturated rings. The van der Waals surface area contributed by atoms with Gasteiger partial charge in [-0.2, -0.15) is 5.26 Å². The van der Waals surface area contributed by atoms with Crippen molar-refractivity contribution in [3.8, 4) is 40.2 Å². The lowest BCUT2D eigenvalue weighted by atomic mass is 9.96. The molecule has 3 heterocycles. The molecule has 3 aromatic carbocycles. The fraction of sp³-hybridized carbons (Fsp3) is 0.306. The number of rotatable bonds is 10. The van der Waals surface area contributed by atoms with Crippen LogP contribution in [0, 0.1) is 18.3 Å². The number of nitriles is 1. The number of pyridine rings is 1. The molecule has 0 aliphatic carbocycles. The van der Waals surface area contributed by atoms with Crippen LogP contribution < -0.4 is 18.9 Å². The van der Waals surface area contributed by atoms with Crippen LogP contribution in [0.3, 0.4) is 0 Å². The molecule has 1 aromatic heterocycles. The molecule has 2 N–H and O–H groups in total. The maximum atomic E-state index is 12.0. The SMILES string of the molecule is Cc1c(COc2cc(OCc3cncc(C#N)c3)c(CN3CC(O)CCC3C(=O)O)cc2Cl)cccc1-c1ccc2c(c1)OCCO2. The van der Waals surface area contributed by atoms with E-state index in [9.17, 15) is 20.3 Å². The van der Waals surface area contributed by atoms with Crippen LogP contribution in [0.4, 0.5) is 0 Å². The van der Waals surface area contributed by atoms with Gasteiger partial charge in [0.2, 0.25) is 0 Å². The number of carbonyl (C=O) groups is 1. The minimum absolute atomic E-state index is 0.109. The second-order valence-corrected chi connectivity index (χ2v) is 12.0. The van der Waals surface area contributed by atoms with Gasteiger partial charge in [0.25, 0.3) is 0 Å². The summed E-state index contributed by atoms with van der Waals surface area (Å²) in [5.41, 5.74) is 5.79. The lowest BCUT2D eigenvalue weighted by molar-refractivity contribution is -0.146. The number of hydrogen-bond donors (Lipinski definition) is 2. The van der Waals surface area contributed by atoms with Gasteiger partial charge in [0, 0.05) is 42.7 Å². The van der Waals surface area contributed by atoms with Gasteiger partial charge in [-0.3, -0.25) is 14.7 Å². The number of fused-ring (bicyclic) bond motifs is 1. The molecule has 2 atom stereocenters. The largest absolute Gasteiger partial charge is 0.488 e. The van der Waals surface area contributed by atoms with Gasteiger partial charge in [-0.25, -0.2) is 0 Å². The standard InChI is InChI=1S/C36H34ClN3O7/c1-22-26(3-2-4-29(22)25-5-8-32-35(13-25)45-10-9-44-32)21-47-34-14-33(46-20-24-11-23(15-38)16-39-17-24)27(12-30(34)37)18-40-19-28(41)6-7-31(40)36(42)43/h2-5,8,11-14,16-17,28,31,41H,6-7,9-10,18-21H2,1H3,(H,42,43). The number of aliphatic hydroxyl groups excluding tert-OH is 1. The number of carboxylic acid groups (broad SMARTS) is 1. The first-order chi connectivity index (χ1) is 22.8. The molecule has 0 saturated carbocycles. The van der Waals surface area contributed by atoms with E-state index in [0.29, 0.717) is 59.3 Å². The fourth-order valence-electron chi connectivity index (χ4n) is 5.95. The summed E-state index contributed by atoms with van der Waals surface area (Å²) in [5.74, 6) is 1.35. The van der Waals surface area contributed by atoms with Gasteiger partial charge in [0.15, 0.2) is 11.5 Å². The highest BCUT2D eigenvalue weighted by molar-refractivity contribution is 6.32. The number of hydrogen-bond acceptors (Lipinski definition) is 9. The molecule has 10 nitrogen and oxygen atoms in total. The molecule has 0 amide bonds. The van der Waals surface area contributed by atoms with Crippen LogP contribution in [0.5, 0.6) is 23.0 Å². The Morgan fingerprint density at radius 3 is 2.64 bits per heavy atom. The van der Waals surface area contributed by atoms with Crippen molar-refractivity contribution < 1.29 is 34.0 Å². The van der Waals surface area contributed by atoms with Crippen molar-refractivity contribution in [2.45, 2.75) is 51.7 Å². The van der Waals surface area contributed by atoms with E-state index in [2.05, 4.69) is 17.1 Å². The van der Waals surface area contributed by atoms with Crippen molar-refractivity contribution in [1.29, 1.82) is 5.26 Å². The monoisotopic (exact) mass is 655 g/mol. The number of aliphatic carboxylic acids is 1. The summed E-state index contributed by atoms with van der Waals surface area (Å²) in [5, 5.41) is 29.8. The Morgan fingerprint density at radius 1 is 1.02 bits per heavy atom. The lowest BCUT2D eigenvalue weighted by Crippen LogP contribution is -2.48. The van der Waals surface area contributed by atoms with E-state index in [1.165, 1.54) is 6.20 Å². The number of likely N-dealkylation sites (tertiary alicyclic amines) is 1. The number of ether oxygens (including phenoxy) is 4. The van der Waals surface area contributed by atoms with Crippen LogP contribution in [0.15, 0.2) is 67.0 Å². The summed E-state index contributed by atoms with van der Waals surface area (Å²) in [7, 11) is 0. The van der Waals surface area contributed by atoms with Gasteiger partial charge < -0.3 is 29.2 Å². The van der Waals surface area contributed by atoms with Crippen LogP contribution in [0.25, 0.3) is 11.1 Å². The fourth-order valence-corrected chi connectivity index (χ4v) is 6.19. The zero-order valence-corrected chi connectivity index (χ0v) is 26.6. The average Bonchev–Trinajstić information content (AvgIpc) is 3.07. The summed E-state index contributed by atoms with van der Waals surface area (Å²) in [6, 6.07) is 18.4. The lowest BCUT2D eigenvalue weighted by Gasteiger charge is -2.35. The van der Waals surface area contributed by atoms with Crippen LogP contribution >= 0.6 is 11.6 Å². The summed E-state index contributed by atoms with van der Waals surface area (Å²) in [6.07, 6.45) is 3.21. The zero-order valence-electron chi connectivity index (χ0n) is 25.8. The minimum Gasteiger partial charge on any atom is -0.488 e. The zero-order chi connectivity index (χ0) is 32.9. The van der Waals surface area contributed by atoms with Gasteiger partial charge in [0.1, 0.15) is 50.0 Å². The number of nitrogens with zero attached hydrogens (tertiary/aromatic N) is 3. The predicted molar refractivity (Wildman–Crippen MR) is 174 cm³/mol. The third-order valence-electron chi connectivity index (χ3n) is 8.43. The van der Waals surface area contributed by atoms with Gasteiger partial charge in [0.05, 0.1) is 16.7 Å². The molecule has 0 radical (unpaired) electrons. The third-order valence-corrected chi connectivity index (χ3v) is 8.73. The van der Waals surface area contributed by atoms with Crippen molar-refractivity contribution in [3.63, 3.8) is 0 Å². The number of aromatic nitrogens is 1. The van der Waals surface area contributed by atoms with Crippen LogP contribution in [0.1, 0.15) is 40.7 Å². The second kappa shape index (κ2) is 14.3. The molecule has 0 bridgehead atoms. The summed E-state index contributed by atoms with van der Waals surface area (Å²) >= 11 is 6.77. The molecular weight excluding hydrogens is 622 g/mol. The van der Waals surface area contributed by atoms with E-state index in [0.717, 1.165) is 33.8 Å². The topological polar surface area (TPSA) is 134 Å². The molecule has 0 spiro atoms. The molecule has 11 heteroatoms. The van der Waals surface area contributed by atoms with Crippen molar-refractivity contribution >= 4 is 17.6 Å². The first kappa shape index (κ1) is 32.1. The molecule has 6 rings (SSSR count). The maximum absolute atomic E-state index is 12.0. The van der Waals surface area contributed by atoms with Crippen molar-refractivity contribution in [3.05, 3.63) is 99.8 Å². The molecule has 1 saturated heterocycles. The first-order valence-corrected chi connectivity index (χ1v) is 15.7. The molecule has 2 aliphatic heterocycles. The Morgan fingerprint density at radius 2 is 1.83 bits per heavy atom. The number of benzene rings is 3. The van der Waals surface area contributed by atoms with Crippen LogP contribution in [-0.2, 0) is 24.6 Å². The summed E-state index contributed by atoms with van der Waals surface area (Å²) < 4.78 is 24.0. The van der Waals surface area contributed by atoms with E-state index >= 15 is 0 Å². The number of carboxylic acids is 1. The molecular formula is C36H34ClN3O7. The van der Waals surface area contributed by atoms with E-state index in [4.69, 9.17) is 30.5 Å². The molecule has 242 valence electrons. The number of halogens is 1. The van der Waals surface area contributed by atoms with Gasteiger partial charge >= 0.3 is 5.97 Å². The van der Waals surface area contributed by atoms with E-state index in [-0.39, 0.29) is 26.3 Å². The smallest absolute Gasteiger partial charge is 0.320 e. The Labute approximate surface area is 277 Å². The highest BCUT2D eigenvalue weighted by Gasteiger charge is 2.33. The highest BCUT2D eigenvalue weighted by atomic mass is 35.5. The van der Waals surface area contributed by atoms with Gasteiger partial charge in [-0.05, 0) is 66.3 Å². The van der Waals surface area contributed by atoms with E-state index in [1.54, 1.807) is 29.3 Å². The Bertz CT molecular complexity index is 1830. The van der Waals surface area contributed by atoms with Gasteiger partial charge in [-0.15, -0.1) is 0 Å². The highest BCUT2D eigenvalue weighted by Crippen LogP contribution is 2.38. The van der Waals surface area contributed by atoms with E-state index in [1.807, 2.05) is 37.3 Å². The molecule has 2 aliphatic rings. The van der Waals surface area contributed by atoms with E-state index < -0.39 is 18.1 Å². The van der Waals surface area contributed by atoms with Crippen LogP contribution in [-0.4, -0.2) is 58.0 Å². The van der Waals surface area contributed by atoms with Gasteiger partial charge in [-0.1, -0.05) is 35.9 Å².